The molecule has 2 heterocycles. The first kappa shape index (κ1) is 19.5. The quantitative estimate of drug-likeness (QED) is 0.850. The Kier molecular flexibility index (Phi) is 5.32. The van der Waals surface area contributed by atoms with Crippen LogP contribution >= 0.6 is 0 Å². The van der Waals surface area contributed by atoms with Crippen LogP contribution in [0.5, 0.6) is 17.2 Å². The van der Waals surface area contributed by atoms with Gasteiger partial charge in [0.05, 0.1) is 26.2 Å². The maximum absolute atomic E-state index is 14.6. The number of ether oxygens (including phenoxy) is 3. The van der Waals surface area contributed by atoms with E-state index in [9.17, 15) is 9.18 Å². The first-order valence-electron chi connectivity index (χ1n) is 9.73. The number of piperazine rings is 1. The zero-order valence-electron chi connectivity index (χ0n) is 16.8. The average molecular weight is 400 g/mol. The Labute approximate surface area is 169 Å². The van der Waals surface area contributed by atoms with Crippen LogP contribution in [0, 0.1) is 5.82 Å². The third-order valence-corrected chi connectivity index (χ3v) is 5.49. The number of nitrogens with one attached hydrogen (secondary N) is 1. The molecule has 2 aromatic rings. The van der Waals surface area contributed by atoms with E-state index in [1.165, 1.54) is 26.4 Å². The van der Waals surface area contributed by atoms with Crippen molar-refractivity contribution in [3.8, 4) is 17.2 Å². The fourth-order valence-corrected chi connectivity index (χ4v) is 3.97. The first-order chi connectivity index (χ1) is 14.0. The van der Waals surface area contributed by atoms with E-state index in [-0.39, 0.29) is 17.8 Å². The first-order valence-corrected chi connectivity index (χ1v) is 9.73. The van der Waals surface area contributed by atoms with E-state index in [0.29, 0.717) is 28.9 Å². The smallest absolute Gasteiger partial charge is 0.170 e. The van der Waals surface area contributed by atoms with E-state index < -0.39 is 11.9 Å². The predicted molar refractivity (Wildman–Crippen MR) is 108 cm³/mol. The molecular formula is C22H25FN2O4. The van der Waals surface area contributed by atoms with Gasteiger partial charge in [-0.3, -0.25) is 4.79 Å². The minimum Gasteiger partial charge on any atom is -0.493 e. The number of Topliss-reactive ketones (excluding diaryl/α,β-unsaturated/α-hetero) is 1. The van der Waals surface area contributed by atoms with Crippen LogP contribution in [0.25, 0.3) is 0 Å². The number of methoxy groups -OCH3 is 2. The van der Waals surface area contributed by atoms with Crippen molar-refractivity contribution in [3.05, 3.63) is 47.3 Å². The van der Waals surface area contributed by atoms with Gasteiger partial charge in [-0.05, 0) is 31.2 Å². The monoisotopic (exact) mass is 400 g/mol. The maximum Gasteiger partial charge on any atom is 0.170 e. The van der Waals surface area contributed by atoms with E-state index in [4.69, 9.17) is 14.2 Å². The van der Waals surface area contributed by atoms with Crippen LogP contribution in [0.2, 0.25) is 0 Å². The molecule has 0 saturated carbocycles. The van der Waals surface area contributed by atoms with E-state index in [1.54, 1.807) is 6.07 Å². The number of carbonyl (C=O) groups is 1. The number of fused-ring (bicyclic) bond motifs is 1. The zero-order chi connectivity index (χ0) is 20.5. The van der Waals surface area contributed by atoms with Crippen LogP contribution in [-0.2, 0) is 0 Å². The molecule has 2 aromatic carbocycles. The summed E-state index contributed by atoms with van der Waals surface area (Å²) in [4.78, 5) is 15.1. The fourth-order valence-electron chi connectivity index (χ4n) is 3.97. The number of ketones is 1. The van der Waals surface area contributed by atoms with Gasteiger partial charge in [0.1, 0.15) is 17.7 Å². The molecule has 2 atom stereocenters. The third-order valence-electron chi connectivity index (χ3n) is 5.49. The van der Waals surface area contributed by atoms with Crippen LogP contribution in [0.3, 0.4) is 0 Å². The number of anilines is 1. The second kappa shape index (κ2) is 7.91. The van der Waals surface area contributed by atoms with Crippen LogP contribution < -0.4 is 24.4 Å². The summed E-state index contributed by atoms with van der Waals surface area (Å²) in [6.45, 7) is 4.81. The Morgan fingerprint density at radius 2 is 1.93 bits per heavy atom. The molecule has 1 N–H and O–H groups in total. The van der Waals surface area contributed by atoms with Crippen molar-refractivity contribution in [1.29, 1.82) is 0 Å². The average Bonchev–Trinajstić information content (AvgIpc) is 2.73. The van der Waals surface area contributed by atoms with Crippen molar-refractivity contribution in [2.75, 3.05) is 38.8 Å². The molecule has 0 aliphatic carbocycles. The summed E-state index contributed by atoms with van der Waals surface area (Å²) in [6, 6.07) is 8.83. The third kappa shape index (κ3) is 3.74. The maximum atomic E-state index is 14.6. The van der Waals surface area contributed by atoms with Gasteiger partial charge < -0.3 is 24.4 Å². The van der Waals surface area contributed by atoms with Gasteiger partial charge in [0.2, 0.25) is 0 Å². The second-order valence-electron chi connectivity index (χ2n) is 7.44. The van der Waals surface area contributed by atoms with E-state index >= 15 is 0 Å². The highest BCUT2D eigenvalue weighted by Gasteiger charge is 2.31. The molecular weight excluding hydrogens is 375 g/mol. The van der Waals surface area contributed by atoms with Crippen LogP contribution in [0.4, 0.5) is 10.1 Å². The van der Waals surface area contributed by atoms with Crippen molar-refractivity contribution in [2.24, 2.45) is 0 Å². The van der Waals surface area contributed by atoms with Crippen molar-refractivity contribution in [3.63, 3.8) is 0 Å². The standard InChI is InChI=1S/C22H25FN2O4/c1-13-12-25(7-6-24-13)14-4-5-19-16(8-14)18(26)11-20(29-19)15-9-21(27-2)22(28-3)10-17(15)23/h4-5,8-10,13,20,24H,6-7,11-12H2,1-3H3/t13-,20?/m1/s1. The Bertz CT molecular complexity index is 933. The second-order valence-corrected chi connectivity index (χ2v) is 7.44. The summed E-state index contributed by atoms with van der Waals surface area (Å²) in [5.74, 6) is 0.623. The van der Waals surface area contributed by atoms with Crippen molar-refractivity contribution < 1.29 is 23.4 Å². The zero-order valence-corrected chi connectivity index (χ0v) is 16.8. The SMILES string of the molecule is COc1cc(F)c(C2CC(=O)c3cc(N4CCN[C@H](C)C4)ccc3O2)cc1OC. The lowest BCUT2D eigenvalue weighted by molar-refractivity contribution is 0.0845. The van der Waals surface area contributed by atoms with Crippen molar-refractivity contribution in [1.82, 2.24) is 5.32 Å². The van der Waals surface area contributed by atoms with Crippen LogP contribution in [0.1, 0.15) is 35.4 Å². The topological polar surface area (TPSA) is 60.0 Å². The molecule has 1 saturated heterocycles. The molecule has 2 aliphatic rings. The van der Waals surface area contributed by atoms with Crippen molar-refractivity contribution in [2.45, 2.75) is 25.5 Å². The van der Waals surface area contributed by atoms with Crippen LogP contribution in [0.15, 0.2) is 30.3 Å². The van der Waals surface area contributed by atoms with Gasteiger partial charge in [-0.2, -0.15) is 0 Å². The molecule has 6 nitrogen and oxygen atoms in total. The molecule has 7 heteroatoms. The normalized spacial score (nSPS) is 21.4. The lowest BCUT2D eigenvalue weighted by atomic mass is 9.95. The largest absolute Gasteiger partial charge is 0.493 e. The number of carbonyl (C=O) groups excluding carboxylic acids is 1. The minimum absolute atomic E-state index is 0.0598. The lowest BCUT2D eigenvalue weighted by Gasteiger charge is -2.34. The summed E-state index contributed by atoms with van der Waals surface area (Å²) in [7, 11) is 2.94. The molecule has 0 amide bonds. The number of benzene rings is 2. The summed E-state index contributed by atoms with van der Waals surface area (Å²) >= 11 is 0. The highest BCUT2D eigenvalue weighted by molar-refractivity contribution is 6.01. The molecule has 29 heavy (non-hydrogen) atoms. The molecule has 154 valence electrons. The Balaban J connectivity index is 1.62. The number of halogens is 1. The van der Waals surface area contributed by atoms with Gasteiger partial charge in [-0.1, -0.05) is 0 Å². The van der Waals surface area contributed by atoms with E-state index in [2.05, 4.69) is 17.1 Å². The lowest BCUT2D eigenvalue weighted by Crippen LogP contribution is -2.49. The summed E-state index contributed by atoms with van der Waals surface area (Å²) in [5.41, 5.74) is 1.83. The number of rotatable bonds is 4. The van der Waals surface area contributed by atoms with Gasteiger partial charge in [0, 0.05) is 43.0 Å². The minimum atomic E-state index is -0.708. The highest BCUT2D eigenvalue weighted by Crippen LogP contribution is 2.40. The molecule has 0 bridgehead atoms. The Hall–Kier alpha value is -2.80. The van der Waals surface area contributed by atoms with E-state index in [0.717, 1.165) is 25.3 Å². The Morgan fingerprint density at radius 1 is 1.17 bits per heavy atom. The van der Waals surface area contributed by atoms with Gasteiger partial charge >= 0.3 is 0 Å². The van der Waals surface area contributed by atoms with Gasteiger partial charge in [0.25, 0.3) is 0 Å². The fraction of sp³-hybridized carbons (Fsp3) is 0.409. The summed E-state index contributed by atoms with van der Waals surface area (Å²) in [6.07, 6.45) is -0.638. The highest BCUT2D eigenvalue weighted by atomic mass is 19.1. The molecule has 1 unspecified atom stereocenters. The number of nitrogens with zero attached hydrogens (tertiary/aromatic N) is 1. The molecule has 1 fully saturated rings. The van der Waals surface area contributed by atoms with Gasteiger partial charge in [-0.25, -0.2) is 4.39 Å². The van der Waals surface area contributed by atoms with Crippen LogP contribution in [-0.4, -0.2) is 45.7 Å². The summed E-state index contributed by atoms with van der Waals surface area (Å²) in [5, 5.41) is 3.41. The molecule has 4 rings (SSSR count). The van der Waals surface area contributed by atoms with Gasteiger partial charge in [0.15, 0.2) is 17.3 Å². The van der Waals surface area contributed by atoms with Gasteiger partial charge in [-0.15, -0.1) is 0 Å². The molecule has 0 radical (unpaired) electrons. The summed E-state index contributed by atoms with van der Waals surface area (Å²) < 4.78 is 31.1. The number of hydrogen-bond donors (Lipinski definition) is 1. The predicted octanol–water partition coefficient (Wildman–Crippen LogP) is 3.35. The molecule has 0 aromatic heterocycles. The number of hydrogen-bond acceptors (Lipinski definition) is 6. The van der Waals surface area contributed by atoms with Crippen molar-refractivity contribution >= 4 is 11.5 Å². The van der Waals surface area contributed by atoms with E-state index in [1.807, 2.05) is 12.1 Å². The molecule has 2 aliphatic heterocycles. The molecule has 0 spiro atoms. The Morgan fingerprint density at radius 3 is 2.66 bits per heavy atom.